The van der Waals surface area contributed by atoms with Gasteiger partial charge in [-0.2, -0.15) is 0 Å². The average molecular weight is 292 g/mol. The number of hydrogen-bond donors (Lipinski definition) is 1. The number of ether oxygens (including phenoxy) is 1. The summed E-state index contributed by atoms with van der Waals surface area (Å²) in [6.07, 6.45) is 4.65. The van der Waals surface area contributed by atoms with E-state index in [1.54, 1.807) is 49.8 Å². The molecule has 0 saturated heterocycles. The topological polar surface area (TPSA) is 51.5 Å². The number of rotatable bonds is 5. The second-order valence-corrected chi connectivity index (χ2v) is 4.45. The Balaban J connectivity index is 1.98. The minimum absolute atomic E-state index is 0.219. The van der Waals surface area contributed by atoms with Crippen LogP contribution in [0.15, 0.2) is 47.1 Å². The number of furan rings is 1. The van der Waals surface area contributed by atoms with Crippen LogP contribution in [0, 0.1) is 0 Å². The Labute approximate surface area is 122 Å². The van der Waals surface area contributed by atoms with Crippen molar-refractivity contribution >= 4 is 23.6 Å². The lowest BCUT2D eigenvalue weighted by Crippen LogP contribution is -2.19. The summed E-state index contributed by atoms with van der Waals surface area (Å²) in [6, 6.07) is 8.78. The summed E-state index contributed by atoms with van der Waals surface area (Å²) in [4.78, 5) is 11.7. The summed E-state index contributed by atoms with van der Waals surface area (Å²) in [6.45, 7) is 0.350. The lowest BCUT2D eigenvalue weighted by molar-refractivity contribution is -0.116. The van der Waals surface area contributed by atoms with Crippen molar-refractivity contribution in [3.8, 4) is 5.75 Å². The largest absolute Gasteiger partial charge is 0.496 e. The minimum atomic E-state index is -0.219. The molecule has 1 N–H and O–H groups in total. The van der Waals surface area contributed by atoms with Crippen LogP contribution in [0.4, 0.5) is 0 Å². The first-order valence-corrected chi connectivity index (χ1v) is 6.38. The van der Waals surface area contributed by atoms with Gasteiger partial charge >= 0.3 is 0 Å². The molecule has 1 heterocycles. The lowest BCUT2D eigenvalue weighted by atomic mass is 10.2. The van der Waals surface area contributed by atoms with E-state index in [-0.39, 0.29) is 5.91 Å². The number of carbonyl (C=O) groups is 1. The molecule has 0 aliphatic heterocycles. The van der Waals surface area contributed by atoms with E-state index in [0.29, 0.717) is 23.1 Å². The fourth-order valence-corrected chi connectivity index (χ4v) is 1.83. The predicted octanol–water partition coefficient (Wildman–Crippen LogP) is 3.27. The molecule has 1 amide bonds. The van der Waals surface area contributed by atoms with Crippen LogP contribution in [0.5, 0.6) is 5.75 Å². The number of nitrogens with one attached hydrogen (secondary N) is 1. The molecule has 0 atom stereocenters. The molecule has 1 aromatic heterocycles. The summed E-state index contributed by atoms with van der Waals surface area (Å²) in [5, 5.41) is 3.30. The highest BCUT2D eigenvalue weighted by molar-refractivity contribution is 6.30. The fourth-order valence-electron chi connectivity index (χ4n) is 1.65. The highest BCUT2D eigenvalue weighted by atomic mass is 35.5. The Hall–Kier alpha value is -2.20. The van der Waals surface area contributed by atoms with Crippen molar-refractivity contribution in [2.24, 2.45) is 0 Å². The average Bonchev–Trinajstić information content (AvgIpc) is 2.96. The molecule has 0 fully saturated rings. The van der Waals surface area contributed by atoms with Crippen LogP contribution in [-0.2, 0) is 11.3 Å². The number of hydrogen-bond acceptors (Lipinski definition) is 3. The van der Waals surface area contributed by atoms with Crippen molar-refractivity contribution in [1.82, 2.24) is 5.32 Å². The van der Waals surface area contributed by atoms with E-state index in [4.69, 9.17) is 20.8 Å². The Bertz CT molecular complexity index is 606. The summed E-state index contributed by atoms with van der Waals surface area (Å²) in [5.41, 5.74) is 0.744. The molecule has 0 radical (unpaired) electrons. The van der Waals surface area contributed by atoms with Gasteiger partial charge in [0.05, 0.1) is 19.9 Å². The third kappa shape index (κ3) is 3.90. The molecular weight excluding hydrogens is 278 g/mol. The first-order chi connectivity index (χ1) is 9.69. The minimum Gasteiger partial charge on any atom is -0.496 e. The number of amides is 1. The third-order valence-corrected chi connectivity index (χ3v) is 2.86. The van der Waals surface area contributed by atoms with Gasteiger partial charge in [-0.25, -0.2) is 0 Å². The van der Waals surface area contributed by atoms with E-state index < -0.39 is 0 Å². The second-order valence-electron chi connectivity index (χ2n) is 4.02. The van der Waals surface area contributed by atoms with Crippen molar-refractivity contribution in [2.45, 2.75) is 6.54 Å². The zero-order chi connectivity index (χ0) is 14.4. The number of carbonyl (C=O) groups excluding carboxylic acids is 1. The van der Waals surface area contributed by atoms with Crippen LogP contribution in [0.25, 0.3) is 6.08 Å². The summed E-state index contributed by atoms with van der Waals surface area (Å²) in [7, 11) is 1.57. The molecule has 20 heavy (non-hydrogen) atoms. The first kappa shape index (κ1) is 14.2. The summed E-state index contributed by atoms with van der Waals surface area (Å²) >= 11 is 5.92. The van der Waals surface area contributed by atoms with Crippen LogP contribution < -0.4 is 10.1 Å². The van der Waals surface area contributed by atoms with Crippen LogP contribution >= 0.6 is 11.6 Å². The van der Waals surface area contributed by atoms with Crippen LogP contribution in [0.2, 0.25) is 5.02 Å². The Morgan fingerprint density at radius 3 is 3.00 bits per heavy atom. The molecule has 2 aromatic rings. The molecule has 0 spiro atoms. The zero-order valence-corrected chi connectivity index (χ0v) is 11.7. The maximum Gasteiger partial charge on any atom is 0.244 e. The van der Waals surface area contributed by atoms with Gasteiger partial charge in [0.25, 0.3) is 0 Å². The van der Waals surface area contributed by atoms with Crippen molar-refractivity contribution in [3.63, 3.8) is 0 Å². The van der Waals surface area contributed by atoms with Crippen molar-refractivity contribution in [1.29, 1.82) is 0 Å². The van der Waals surface area contributed by atoms with Gasteiger partial charge in [0.2, 0.25) is 5.91 Å². The third-order valence-electron chi connectivity index (χ3n) is 2.62. The molecule has 1 aromatic carbocycles. The normalized spacial score (nSPS) is 10.7. The van der Waals surface area contributed by atoms with E-state index in [2.05, 4.69) is 5.32 Å². The van der Waals surface area contributed by atoms with Gasteiger partial charge in [-0.3, -0.25) is 4.79 Å². The Kier molecular flexibility index (Phi) is 4.85. The summed E-state index contributed by atoms with van der Waals surface area (Å²) in [5.74, 6) is 1.14. The van der Waals surface area contributed by atoms with Gasteiger partial charge in [-0.15, -0.1) is 0 Å². The van der Waals surface area contributed by atoms with Crippen molar-refractivity contribution in [3.05, 3.63) is 59.0 Å². The zero-order valence-electron chi connectivity index (χ0n) is 10.9. The standard InChI is InChI=1S/C15H14ClNO3/c1-19-14-6-5-12(16)9-11(14)4-7-15(18)17-10-13-3-2-8-20-13/h2-9H,10H2,1H3,(H,17,18). The van der Waals surface area contributed by atoms with Crippen molar-refractivity contribution in [2.75, 3.05) is 7.11 Å². The van der Waals surface area contributed by atoms with Crippen LogP contribution in [0.1, 0.15) is 11.3 Å². The maximum atomic E-state index is 11.7. The molecule has 0 unspecified atom stereocenters. The molecule has 2 rings (SSSR count). The highest BCUT2D eigenvalue weighted by Gasteiger charge is 2.02. The van der Waals surface area contributed by atoms with E-state index in [0.717, 1.165) is 5.56 Å². The highest BCUT2D eigenvalue weighted by Crippen LogP contribution is 2.23. The number of methoxy groups -OCH3 is 1. The predicted molar refractivity (Wildman–Crippen MR) is 77.6 cm³/mol. The van der Waals surface area contributed by atoms with E-state index in [1.807, 2.05) is 0 Å². The molecule has 0 saturated carbocycles. The smallest absolute Gasteiger partial charge is 0.244 e. The molecule has 0 aliphatic rings. The van der Waals surface area contributed by atoms with Gasteiger partial charge in [-0.1, -0.05) is 11.6 Å². The monoisotopic (exact) mass is 291 g/mol. The molecule has 0 aliphatic carbocycles. The number of halogens is 1. The quantitative estimate of drug-likeness (QED) is 0.860. The Morgan fingerprint density at radius 2 is 2.30 bits per heavy atom. The SMILES string of the molecule is COc1ccc(Cl)cc1C=CC(=O)NCc1ccco1. The van der Waals surface area contributed by atoms with Gasteiger partial charge in [-0.05, 0) is 36.4 Å². The van der Waals surface area contributed by atoms with E-state index >= 15 is 0 Å². The maximum absolute atomic E-state index is 11.7. The van der Waals surface area contributed by atoms with Crippen molar-refractivity contribution < 1.29 is 13.9 Å². The fraction of sp³-hybridized carbons (Fsp3) is 0.133. The van der Waals surface area contributed by atoms with Crippen LogP contribution in [-0.4, -0.2) is 13.0 Å². The molecular formula is C15H14ClNO3. The molecule has 5 heteroatoms. The molecule has 0 bridgehead atoms. The molecule has 104 valence electrons. The molecule has 4 nitrogen and oxygen atoms in total. The number of benzene rings is 1. The summed E-state index contributed by atoms with van der Waals surface area (Å²) < 4.78 is 10.3. The van der Waals surface area contributed by atoms with Gasteiger partial charge in [0, 0.05) is 16.7 Å². The van der Waals surface area contributed by atoms with Gasteiger partial charge in [0.1, 0.15) is 11.5 Å². The Morgan fingerprint density at radius 1 is 1.45 bits per heavy atom. The first-order valence-electron chi connectivity index (χ1n) is 6.01. The van der Waals surface area contributed by atoms with Gasteiger partial charge < -0.3 is 14.5 Å². The van der Waals surface area contributed by atoms with E-state index in [1.165, 1.54) is 6.08 Å². The van der Waals surface area contributed by atoms with E-state index in [9.17, 15) is 4.79 Å². The second kappa shape index (κ2) is 6.82. The van der Waals surface area contributed by atoms with Gasteiger partial charge in [0.15, 0.2) is 0 Å². The lowest BCUT2D eigenvalue weighted by Gasteiger charge is -2.04. The van der Waals surface area contributed by atoms with Crippen LogP contribution in [0.3, 0.4) is 0 Å².